The zero-order valence-corrected chi connectivity index (χ0v) is 14.6. The van der Waals surface area contributed by atoms with E-state index in [1.54, 1.807) is 11.3 Å². The third-order valence-corrected chi connectivity index (χ3v) is 5.03. The van der Waals surface area contributed by atoms with E-state index in [1.165, 1.54) is 5.56 Å². The van der Waals surface area contributed by atoms with E-state index in [-0.39, 0.29) is 18.0 Å². The van der Waals surface area contributed by atoms with E-state index in [0.29, 0.717) is 6.54 Å². The number of hydrogen-bond donors (Lipinski definition) is 1. The molecule has 0 radical (unpaired) electrons. The first-order valence-corrected chi connectivity index (χ1v) is 9.12. The van der Waals surface area contributed by atoms with E-state index in [1.807, 2.05) is 28.9 Å². The SMILES string of the molecule is Cc1cnn(CC(C)NCC(=O)N2CCCC2c2ccsc2)c1. The predicted molar refractivity (Wildman–Crippen MR) is 92.4 cm³/mol. The molecular weight excluding hydrogens is 308 g/mol. The lowest BCUT2D eigenvalue weighted by atomic mass is 10.1. The number of likely N-dealkylation sites (tertiary alicyclic amines) is 1. The Morgan fingerprint density at radius 2 is 2.43 bits per heavy atom. The van der Waals surface area contributed by atoms with Crippen LogP contribution in [0.15, 0.2) is 29.2 Å². The summed E-state index contributed by atoms with van der Waals surface area (Å²) in [6.45, 7) is 6.15. The lowest BCUT2D eigenvalue weighted by Gasteiger charge is -2.25. The van der Waals surface area contributed by atoms with Gasteiger partial charge in [-0.15, -0.1) is 0 Å². The Balaban J connectivity index is 1.50. The molecule has 3 heterocycles. The average molecular weight is 332 g/mol. The number of carbonyl (C=O) groups excluding carboxylic acids is 1. The second kappa shape index (κ2) is 7.27. The molecule has 23 heavy (non-hydrogen) atoms. The van der Waals surface area contributed by atoms with Gasteiger partial charge < -0.3 is 10.2 Å². The first kappa shape index (κ1) is 16.2. The molecule has 1 saturated heterocycles. The van der Waals surface area contributed by atoms with Crippen molar-refractivity contribution >= 4 is 17.2 Å². The summed E-state index contributed by atoms with van der Waals surface area (Å²) in [5.74, 6) is 0.196. The molecule has 1 N–H and O–H groups in total. The number of rotatable bonds is 6. The van der Waals surface area contributed by atoms with E-state index < -0.39 is 0 Å². The van der Waals surface area contributed by atoms with E-state index in [9.17, 15) is 4.79 Å². The fraction of sp³-hybridized carbons (Fsp3) is 0.529. The second-order valence-electron chi connectivity index (χ2n) is 6.32. The smallest absolute Gasteiger partial charge is 0.237 e. The normalized spacial score (nSPS) is 19.2. The molecule has 2 atom stereocenters. The number of nitrogens with zero attached hydrogens (tertiary/aromatic N) is 3. The van der Waals surface area contributed by atoms with Gasteiger partial charge >= 0.3 is 0 Å². The minimum atomic E-state index is 0.196. The van der Waals surface area contributed by atoms with Gasteiger partial charge in [0.2, 0.25) is 5.91 Å². The first-order chi connectivity index (χ1) is 11.1. The van der Waals surface area contributed by atoms with Crippen molar-refractivity contribution in [1.29, 1.82) is 0 Å². The monoisotopic (exact) mass is 332 g/mol. The maximum absolute atomic E-state index is 12.6. The Morgan fingerprint density at radius 1 is 1.57 bits per heavy atom. The van der Waals surface area contributed by atoms with Crippen molar-refractivity contribution < 1.29 is 4.79 Å². The van der Waals surface area contributed by atoms with Crippen molar-refractivity contribution in [3.8, 4) is 0 Å². The quantitative estimate of drug-likeness (QED) is 0.884. The fourth-order valence-corrected chi connectivity index (χ4v) is 3.86. The number of carbonyl (C=O) groups is 1. The van der Waals surface area contributed by atoms with Gasteiger partial charge in [-0.1, -0.05) is 0 Å². The maximum atomic E-state index is 12.6. The van der Waals surface area contributed by atoms with Gasteiger partial charge in [0.15, 0.2) is 0 Å². The summed E-state index contributed by atoms with van der Waals surface area (Å²) in [5.41, 5.74) is 2.44. The topological polar surface area (TPSA) is 50.2 Å². The van der Waals surface area contributed by atoms with Crippen molar-refractivity contribution in [2.24, 2.45) is 0 Å². The third-order valence-electron chi connectivity index (χ3n) is 4.33. The molecule has 0 bridgehead atoms. The van der Waals surface area contributed by atoms with E-state index in [2.05, 4.69) is 34.2 Å². The van der Waals surface area contributed by atoms with Gasteiger partial charge in [0, 0.05) is 18.8 Å². The highest BCUT2D eigenvalue weighted by Gasteiger charge is 2.29. The molecule has 5 nitrogen and oxygen atoms in total. The van der Waals surface area contributed by atoms with Gasteiger partial charge in [0.05, 0.1) is 25.3 Å². The first-order valence-electron chi connectivity index (χ1n) is 8.17. The Morgan fingerprint density at radius 3 is 3.13 bits per heavy atom. The Labute approximate surface area is 141 Å². The minimum Gasteiger partial charge on any atom is -0.335 e. The molecule has 0 spiro atoms. The fourth-order valence-electron chi connectivity index (χ4n) is 3.15. The van der Waals surface area contributed by atoms with Gasteiger partial charge in [-0.05, 0) is 54.6 Å². The molecule has 124 valence electrons. The largest absolute Gasteiger partial charge is 0.335 e. The van der Waals surface area contributed by atoms with Crippen molar-refractivity contribution in [1.82, 2.24) is 20.0 Å². The lowest BCUT2D eigenvalue weighted by molar-refractivity contribution is -0.131. The average Bonchev–Trinajstić information content (AvgIpc) is 3.25. The summed E-state index contributed by atoms with van der Waals surface area (Å²) in [6, 6.07) is 2.61. The third kappa shape index (κ3) is 4.00. The summed E-state index contributed by atoms with van der Waals surface area (Å²) in [6.07, 6.45) is 6.04. The summed E-state index contributed by atoms with van der Waals surface area (Å²) in [7, 11) is 0. The zero-order valence-electron chi connectivity index (χ0n) is 13.7. The van der Waals surface area contributed by atoms with Crippen molar-refractivity contribution in [3.05, 3.63) is 40.3 Å². The summed E-state index contributed by atoms with van der Waals surface area (Å²) >= 11 is 1.70. The molecular formula is C17H24N4OS. The van der Waals surface area contributed by atoms with Gasteiger partial charge in [-0.3, -0.25) is 9.48 Å². The highest BCUT2D eigenvalue weighted by atomic mass is 32.1. The number of aromatic nitrogens is 2. The molecule has 2 unspecified atom stereocenters. The number of aryl methyl sites for hydroxylation is 1. The number of hydrogen-bond acceptors (Lipinski definition) is 4. The number of nitrogens with one attached hydrogen (secondary N) is 1. The number of amides is 1. The molecule has 1 aliphatic heterocycles. The van der Waals surface area contributed by atoms with Gasteiger partial charge in [-0.25, -0.2) is 0 Å². The van der Waals surface area contributed by atoms with Crippen LogP contribution in [0.1, 0.15) is 36.9 Å². The standard InChI is InChI=1S/C17H24N4OS/c1-13-8-19-20(10-13)11-14(2)18-9-17(22)21-6-3-4-16(21)15-5-7-23-12-15/h5,7-8,10,12,14,16,18H,3-4,6,9,11H2,1-2H3. The Bertz CT molecular complexity index is 637. The van der Waals surface area contributed by atoms with Crippen LogP contribution in [0.2, 0.25) is 0 Å². The number of thiophene rings is 1. The van der Waals surface area contributed by atoms with Crippen LogP contribution in [0.5, 0.6) is 0 Å². The second-order valence-corrected chi connectivity index (χ2v) is 7.10. The molecule has 0 aliphatic carbocycles. The molecule has 6 heteroatoms. The molecule has 3 rings (SSSR count). The van der Waals surface area contributed by atoms with Crippen LogP contribution in [0.3, 0.4) is 0 Å². The van der Waals surface area contributed by atoms with Crippen LogP contribution in [-0.2, 0) is 11.3 Å². The van der Waals surface area contributed by atoms with Crippen molar-refractivity contribution in [2.75, 3.05) is 13.1 Å². The van der Waals surface area contributed by atoms with Crippen LogP contribution in [0, 0.1) is 6.92 Å². The molecule has 0 aromatic carbocycles. The van der Waals surface area contributed by atoms with Gasteiger partial charge in [0.25, 0.3) is 0 Å². The molecule has 1 aliphatic rings. The highest BCUT2D eigenvalue weighted by molar-refractivity contribution is 7.07. The van der Waals surface area contributed by atoms with E-state index >= 15 is 0 Å². The molecule has 1 amide bonds. The maximum Gasteiger partial charge on any atom is 0.237 e. The summed E-state index contributed by atoms with van der Waals surface area (Å²) < 4.78 is 1.92. The molecule has 2 aromatic rings. The molecule has 0 saturated carbocycles. The summed E-state index contributed by atoms with van der Waals surface area (Å²) in [4.78, 5) is 14.6. The molecule has 2 aromatic heterocycles. The van der Waals surface area contributed by atoms with Crippen LogP contribution >= 0.6 is 11.3 Å². The van der Waals surface area contributed by atoms with Crippen molar-refractivity contribution in [2.45, 2.75) is 45.3 Å². The van der Waals surface area contributed by atoms with Crippen LogP contribution in [0.4, 0.5) is 0 Å². The minimum absolute atomic E-state index is 0.196. The van der Waals surface area contributed by atoms with E-state index in [4.69, 9.17) is 0 Å². The molecule has 1 fully saturated rings. The van der Waals surface area contributed by atoms with E-state index in [0.717, 1.165) is 31.5 Å². The summed E-state index contributed by atoms with van der Waals surface area (Å²) in [5, 5.41) is 11.9. The predicted octanol–water partition coefficient (Wildman–Crippen LogP) is 2.59. The van der Waals surface area contributed by atoms with Crippen LogP contribution < -0.4 is 5.32 Å². The van der Waals surface area contributed by atoms with Crippen LogP contribution in [0.25, 0.3) is 0 Å². The van der Waals surface area contributed by atoms with Crippen molar-refractivity contribution in [3.63, 3.8) is 0 Å². The van der Waals surface area contributed by atoms with Gasteiger partial charge in [0.1, 0.15) is 0 Å². The van der Waals surface area contributed by atoms with Gasteiger partial charge in [-0.2, -0.15) is 16.4 Å². The Kier molecular flexibility index (Phi) is 5.13. The Hall–Kier alpha value is -1.66. The zero-order chi connectivity index (χ0) is 16.2. The highest BCUT2D eigenvalue weighted by Crippen LogP contribution is 2.32. The lowest BCUT2D eigenvalue weighted by Crippen LogP contribution is -2.41. The van der Waals surface area contributed by atoms with Crippen LogP contribution in [-0.4, -0.2) is 39.7 Å².